The molecule has 1 fully saturated rings. The maximum absolute atomic E-state index is 14.0. The van der Waals surface area contributed by atoms with Gasteiger partial charge in [-0.05, 0) is 47.1 Å². The standard InChI is InChI=1S/C16H23FO2/c1-14(2)10-13(15(3,4)19-14)16(5,18)11-8-6-7-9-12(11)17/h6-9,13,18H,10H2,1-5H3. The summed E-state index contributed by atoms with van der Waals surface area (Å²) in [5.74, 6) is -0.528. The summed E-state index contributed by atoms with van der Waals surface area (Å²) < 4.78 is 20.0. The van der Waals surface area contributed by atoms with E-state index in [2.05, 4.69) is 0 Å². The van der Waals surface area contributed by atoms with Crippen LogP contribution in [0.1, 0.15) is 46.6 Å². The van der Waals surface area contributed by atoms with Gasteiger partial charge in [0.15, 0.2) is 0 Å². The summed E-state index contributed by atoms with van der Waals surface area (Å²) in [6, 6.07) is 6.42. The van der Waals surface area contributed by atoms with Crippen molar-refractivity contribution >= 4 is 0 Å². The third-order valence-corrected chi connectivity index (χ3v) is 4.17. The molecule has 1 aliphatic heterocycles. The van der Waals surface area contributed by atoms with Crippen molar-refractivity contribution < 1.29 is 14.2 Å². The highest BCUT2D eigenvalue weighted by Crippen LogP contribution is 2.50. The Morgan fingerprint density at radius 2 is 1.84 bits per heavy atom. The normalized spacial score (nSPS) is 28.1. The van der Waals surface area contributed by atoms with Crippen molar-refractivity contribution in [3.05, 3.63) is 35.6 Å². The summed E-state index contributed by atoms with van der Waals surface area (Å²) in [5.41, 5.74) is -1.70. The predicted molar refractivity (Wildman–Crippen MR) is 73.3 cm³/mol. The molecule has 1 aromatic rings. The molecular weight excluding hydrogens is 243 g/mol. The molecule has 1 N–H and O–H groups in total. The first-order valence-electron chi connectivity index (χ1n) is 6.74. The van der Waals surface area contributed by atoms with E-state index in [-0.39, 0.29) is 17.3 Å². The lowest BCUT2D eigenvalue weighted by Gasteiger charge is -2.38. The molecule has 0 amide bonds. The molecule has 0 radical (unpaired) electrons. The second-order valence-corrected chi connectivity index (χ2v) is 6.85. The fourth-order valence-electron chi connectivity index (χ4n) is 3.50. The Bertz CT molecular complexity index is 477. The van der Waals surface area contributed by atoms with Crippen LogP contribution < -0.4 is 0 Å². The largest absolute Gasteiger partial charge is 0.385 e. The van der Waals surface area contributed by atoms with E-state index in [1.165, 1.54) is 6.07 Å². The minimum absolute atomic E-state index is 0.160. The van der Waals surface area contributed by atoms with Gasteiger partial charge in [-0.1, -0.05) is 18.2 Å². The smallest absolute Gasteiger partial charge is 0.129 e. The van der Waals surface area contributed by atoms with E-state index in [9.17, 15) is 9.50 Å². The second-order valence-electron chi connectivity index (χ2n) is 6.85. The number of halogens is 1. The predicted octanol–water partition coefficient (Wildman–Crippen LogP) is 3.63. The van der Waals surface area contributed by atoms with Gasteiger partial charge in [0, 0.05) is 11.5 Å². The maximum atomic E-state index is 14.0. The van der Waals surface area contributed by atoms with Crippen molar-refractivity contribution in [1.82, 2.24) is 0 Å². The van der Waals surface area contributed by atoms with Gasteiger partial charge < -0.3 is 9.84 Å². The molecule has 106 valence electrons. The highest BCUT2D eigenvalue weighted by molar-refractivity contribution is 5.26. The molecule has 0 bridgehead atoms. The van der Waals surface area contributed by atoms with Crippen LogP contribution in [0.2, 0.25) is 0 Å². The summed E-state index contributed by atoms with van der Waals surface area (Å²) >= 11 is 0. The van der Waals surface area contributed by atoms with Crippen LogP contribution in [0.25, 0.3) is 0 Å². The average molecular weight is 266 g/mol. The summed E-state index contributed by atoms with van der Waals surface area (Å²) in [6.07, 6.45) is 0.696. The van der Waals surface area contributed by atoms with Crippen LogP contribution in [0.3, 0.4) is 0 Å². The van der Waals surface area contributed by atoms with E-state index < -0.39 is 11.2 Å². The fourth-order valence-corrected chi connectivity index (χ4v) is 3.50. The maximum Gasteiger partial charge on any atom is 0.129 e. The van der Waals surface area contributed by atoms with Crippen LogP contribution >= 0.6 is 0 Å². The summed E-state index contributed by atoms with van der Waals surface area (Å²) in [6.45, 7) is 9.62. The van der Waals surface area contributed by atoms with Crippen LogP contribution in [0.15, 0.2) is 24.3 Å². The molecule has 2 rings (SSSR count). The Labute approximate surface area is 114 Å². The van der Waals surface area contributed by atoms with E-state index in [0.29, 0.717) is 12.0 Å². The van der Waals surface area contributed by atoms with Crippen molar-refractivity contribution in [3.8, 4) is 0 Å². The zero-order chi connectivity index (χ0) is 14.5. The van der Waals surface area contributed by atoms with Crippen LogP contribution in [0.4, 0.5) is 4.39 Å². The highest BCUT2D eigenvalue weighted by atomic mass is 19.1. The molecule has 1 aromatic carbocycles. The molecule has 0 saturated carbocycles. The molecule has 2 unspecified atom stereocenters. The van der Waals surface area contributed by atoms with Crippen LogP contribution in [-0.2, 0) is 10.3 Å². The first-order valence-corrected chi connectivity index (χ1v) is 6.74. The lowest BCUT2D eigenvalue weighted by atomic mass is 9.72. The Hall–Kier alpha value is -0.930. The van der Waals surface area contributed by atoms with E-state index in [4.69, 9.17) is 4.74 Å². The number of ether oxygens (including phenoxy) is 1. The van der Waals surface area contributed by atoms with Gasteiger partial charge in [0.05, 0.1) is 16.8 Å². The van der Waals surface area contributed by atoms with Gasteiger partial charge in [-0.25, -0.2) is 4.39 Å². The molecule has 1 heterocycles. The molecule has 0 aromatic heterocycles. The molecule has 2 atom stereocenters. The number of rotatable bonds is 2. The Balaban J connectivity index is 2.43. The summed E-state index contributed by atoms with van der Waals surface area (Å²) in [7, 11) is 0. The molecule has 0 spiro atoms. The van der Waals surface area contributed by atoms with E-state index in [0.717, 1.165) is 0 Å². The molecule has 19 heavy (non-hydrogen) atoms. The third-order valence-electron chi connectivity index (χ3n) is 4.17. The van der Waals surface area contributed by atoms with Crippen molar-refractivity contribution in [2.75, 3.05) is 0 Å². The van der Waals surface area contributed by atoms with Gasteiger partial charge in [0.2, 0.25) is 0 Å². The zero-order valence-electron chi connectivity index (χ0n) is 12.3. The van der Waals surface area contributed by atoms with Crippen molar-refractivity contribution in [3.63, 3.8) is 0 Å². The van der Waals surface area contributed by atoms with E-state index in [1.807, 2.05) is 27.7 Å². The zero-order valence-corrected chi connectivity index (χ0v) is 12.3. The van der Waals surface area contributed by atoms with Crippen molar-refractivity contribution in [1.29, 1.82) is 0 Å². The summed E-state index contributed by atoms with van der Waals surface area (Å²) in [4.78, 5) is 0. The summed E-state index contributed by atoms with van der Waals surface area (Å²) in [5, 5.41) is 10.9. The first kappa shape index (κ1) is 14.5. The van der Waals surface area contributed by atoms with Gasteiger partial charge in [-0.3, -0.25) is 0 Å². The average Bonchev–Trinajstić information content (AvgIpc) is 2.47. The monoisotopic (exact) mass is 266 g/mol. The van der Waals surface area contributed by atoms with Crippen LogP contribution in [-0.4, -0.2) is 16.3 Å². The number of benzene rings is 1. The number of hydrogen-bond acceptors (Lipinski definition) is 2. The van der Waals surface area contributed by atoms with Crippen LogP contribution in [0, 0.1) is 11.7 Å². The topological polar surface area (TPSA) is 29.5 Å². The molecular formula is C16H23FO2. The van der Waals surface area contributed by atoms with Gasteiger partial charge in [-0.15, -0.1) is 0 Å². The minimum Gasteiger partial charge on any atom is -0.385 e. The molecule has 1 aliphatic rings. The van der Waals surface area contributed by atoms with Gasteiger partial charge in [0.25, 0.3) is 0 Å². The van der Waals surface area contributed by atoms with E-state index in [1.54, 1.807) is 25.1 Å². The molecule has 0 aliphatic carbocycles. The van der Waals surface area contributed by atoms with Gasteiger partial charge >= 0.3 is 0 Å². The quantitative estimate of drug-likeness (QED) is 0.885. The second kappa shape index (κ2) is 4.29. The molecule has 1 saturated heterocycles. The van der Waals surface area contributed by atoms with Crippen molar-refractivity contribution in [2.24, 2.45) is 5.92 Å². The van der Waals surface area contributed by atoms with Crippen molar-refractivity contribution in [2.45, 2.75) is 57.8 Å². The van der Waals surface area contributed by atoms with Gasteiger partial charge in [-0.2, -0.15) is 0 Å². The highest BCUT2D eigenvalue weighted by Gasteiger charge is 2.54. The first-order chi connectivity index (χ1) is 8.56. The van der Waals surface area contributed by atoms with E-state index >= 15 is 0 Å². The molecule has 3 heteroatoms. The fraction of sp³-hybridized carbons (Fsp3) is 0.625. The minimum atomic E-state index is -1.25. The Morgan fingerprint density at radius 3 is 2.32 bits per heavy atom. The number of hydrogen-bond donors (Lipinski definition) is 1. The van der Waals surface area contributed by atoms with Gasteiger partial charge in [0.1, 0.15) is 5.82 Å². The Morgan fingerprint density at radius 1 is 1.26 bits per heavy atom. The SMILES string of the molecule is CC1(C)CC(C(C)(O)c2ccccc2F)C(C)(C)O1. The number of aliphatic hydroxyl groups is 1. The molecule has 2 nitrogen and oxygen atoms in total. The Kier molecular flexibility index (Phi) is 3.27. The lowest BCUT2D eigenvalue weighted by Crippen LogP contribution is -2.43. The lowest BCUT2D eigenvalue weighted by molar-refractivity contribution is -0.111. The third kappa shape index (κ3) is 2.54. The van der Waals surface area contributed by atoms with Crippen LogP contribution in [0.5, 0.6) is 0 Å².